The lowest BCUT2D eigenvalue weighted by molar-refractivity contribution is 0.143. The highest BCUT2D eigenvalue weighted by molar-refractivity contribution is 4.63. The largest absolute Gasteiger partial charge is 0.305 e. The molecule has 1 rings (SSSR count). The van der Waals surface area contributed by atoms with Crippen LogP contribution in [0.15, 0.2) is 0 Å². The molecule has 0 atom stereocenters. The zero-order chi connectivity index (χ0) is 12.0. The Balaban J connectivity index is 2.40. The van der Waals surface area contributed by atoms with Crippen molar-refractivity contribution in [2.75, 3.05) is 74.1 Å². The van der Waals surface area contributed by atoms with Gasteiger partial charge in [0.2, 0.25) is 0 Å². The minimum Gasteiger partial charge on any atom is -0.305 e. The van der Waals surface area contributed by atoms with Crippen LogP contribution in [-0.4, -0.2) is 93.7 Å². The van der Waals surface area contributed by atoms with Gasteiger partial charge in [0.15, 0.2) is 0 Å². The number of hydrogen-bond acceptors (Lipinski definition) is 4. The van der Waals surface area contributed by atoms with E-state index in [1.54, 1.807) is 0 Å². The summed E-state index contributed by atoms with van der Waals surface area (Å²) in [6.07, 6.45) is 1.28. The molecule has 0 aromatic carbocycles. The van der Waals surface area contributed by atoms with E-state index in [2.05, 4.69) is 47.8 Å². The zero-order valence-electron chi connectivity index (χ0n) is 11.4. The second-order valence-corrected chi connectivity index (χ2v) is 5.26. The first-order valence-corrected chi connectivity index (χ1v) is 6.32. The molecule has 0 radical (unpaired) electrons. The van der Waals surface area contributed by atoms with Crippen LogP contribution in [0.5, 0.6) is 0 Å². The van der Waals surface area contributed by atoms with Crippen LogP contribution in [0, 0.1) is 0 Å². The summed E-state index contributed by atoms with van der Waals surface area (Å²) in [5, 5.41) is 0. The molecule has 0 bridgehead atoms. The highest BCUT2D eigenvalue weighted by Crippen LogP contribution is 1.96. The average Bonchev–Trinajstić information content (AvgIpc) is 2.22. The normalized spacial score (nSPS) is 26.2. The Morgan fingerprint density at radius 1 is 0.500 bits per heavy atom. The van der Waals surface area contributed by atoms with Crippen molar-refractivity contribution in [1.29, 1.82) is 0 Å². The van der Waals surface area contributed by atoms with Crippen LogP contribution < -0.4 is 0 Å². The summed E-state index contributed by atoms with van der Waals surface area (Å²) in [5.74, 6) is 0. The van der Waals surface area contributed by atoms with Gasteiger partial charge in [-0.25, -0.2) is 0 Å². The third-order valence-electron chi connectivity index (χ3n) is 3.29. The SMILES string of the molecule is CN1CCCN(C)CCN(C)CN(C)CC1. The maximum atomic E-state index is 2.44. The summed E-state index contributed by atoms with van der Waals surface area (Å²) in [4.78, 5) is 9.67. The van der Waals surface area contributed by atoms with E-state index >= 15 is 0 Å². The van der Waals surface area contributed by atoms with Gasteiger partial charge >= 0.3 is 0 Å². The van der Waals surface area contributed by atoms with Gasteiger partial charge in [-0.3, -0.25) is 9.80 Å². The van der Waals surface area contributed by atoms with E-state index in [4.69, 9.17) is 0 Å². The van der Waals surface area contributed by atoms with E-state index < -0.39 is 0 Å². The maximum absolute atomic E-state index is 2.44. The molecule has 16 heavy (non-hydrogen) atoms. The molecule has 0 N–H and O–H groups in total. The topological polar surface area (TPSA) is 13.0 Å². The van der Waals surface area contributed by atoms with Crippen LogP contribution in [0.4, 0.5) is 0 Å². The predicted octanol–water partition coefficient (Wildman–Crippen LogP) is 0.0748. The Bertz CT molecular complexity index is 168. The molecule has 1 saturated heterocycles. The summed E-state index contributed by atoms with van der Waals surface area (Å²) < 4.78 is 0. The van der Waals surface area contributed by atoms with Crippen molar-refractivity contribution in [2.24, 2.45) is 0 Å². The van der Waals surface area contributed by atoms with Crippen LogP contribution >= 0.6 is 0 Å². The fourth-order valence-electron chi connectivity index (χ4n) is 2.07. The molecule has 96 valence electrons. The summed E-state index contributed by atoms with van der Waals surface area (Å²) in [6, 6.07) is 0. The summed E-state index contributed by atoms with van der Waals surface area (Å²) in [7, 11) is 8.87. The van der Waals surface area contributed by atoms with Crippen molar-refractivity contribution >= 4 is 0 Å². The van der Waals surface area contributed by atoms with E-state index in [1.165, 1.54) is 32.6 Å². The average molecular weight is 228 g/mol. The minimum absolute atomic E-state index is 1.07. The summed E-state index contributed by atoms with van der Waals surface area (Å²) in [6.45, 7) is 8.18. The fraction of sp³-hybridized carbons (Fsp3) is 1.00. The zero-order valence-corrected chi connectivity index (χ0v) is 11.4. The van der Waals surface area contributed by atoms with E-state index in [9.17, 15) is 0 Å². The van der Waals surface area contributed by atoms with Crippen LogP contribution in [0.25, 0.3) is 0 Å². The lowest BCUT2D eigenvalue weighted by Gasteiger charge is -2.29. The summed E-state index contributed by atoms with van der Waals surface area (Å²) in [5.41, 5.74) is 0. The van der Waals surface area contributed by atoms with Crippen molar-refractivity contribution in [1.82, 2.24) is 19.6 Å². The van der Waals surface area contributed by atoms with Crippen LogP contribution in [0.1, 0.15) is 6.42 Å². The number of hydrogen-bond donors (Lipinski definition) is 0. The Morgan fingerprint density at radius 2 is 0.875 bits per heavy atom. The van der Waals surface area contributed by atoms with Gasteiger partial charge in [0.25, 0.3) is 0 Å². The Labute approximate surface area is 101 Å². The first-order valence-electron chi connectivity index (χ1n) is 6.32. The molecular formula is C12H28N4. The molecule has 1 aliphatic rings. The standard InChI is InChI=1S/C12H28N4/c1-13-6-5-7-14(2)9-11-16(4)12-15(3)10-8-13/h5-12H2,1-4H3. The van der Waals surface area contributed by atoms with Gasteiger partial charge in [0, 0.05) is 26.2 Å². The van der Waals surface area contributed by atoms with Gasteiger partial charge < -0.3 is 9.80 Å². The molecule has 4 nitrogen and oxygen atoms in total. The lowest BCUT2D eigenvalue weighted by Crippen LogP contribution is -2.42. The molecule has 1 aliphatic heterocycles. The van der Waals surface area contributed by atoms with Gasteiger partial charge in [-0.15, -0.1) is 0 Å². The molecule has 0 aliphatic carbocycles. The van der Waals surface area contributed by atoms with E-state index in [0.29, 0.717) is 0 Å². The third kappa shape index (κ3) is 5.80. The second kappa shape index (κ2) is 7.22. The highest BCUT2D eigenvalue weighted by Gasteiger charge is 2.08. The van der Waals surface area contributed by atoms with E-state index in [1.807, 2.05) is 0 Å². The Hall–Kier alpha value is -0.160. The van der Waals surface area contributed by atoms with Crippen LogP contribution in [0.3, 0.4) is 0 Å². The number of nitrogens with zero attached hydrogens (tertiary/aromatic N) is 4. The molecular weight excluding hydrogens is 200 g/mol. The molecule has 1 heterocycles. The number of rotatable bonds is 0. The maximum Gasteiger partial charge on any atom is 0.0501 e. The fourth-order valence-corrected chi connectivity index (χ4v) is 2.07. The lowest BCUT2D eigenvalue weighted by atomic mass is 10.3. The molecule has 0 aromatic rings. The van der Waals surface area contributed by atoms with Gasteiger partial charge in [-0.2, -0.15) is 0 Å². The number of likely N-dealkylation sites (N-methyl/N-ethyl adjacent to an activating group) is 4. The van der Waals surface area contributed by atoms with Crippen molar-refractivity contribution in [2.45, 2.75) is 6.42 Å². The first kappa shape index (κ1) is 13.9. The summed E-state index contributed by atoms with van der Waals surface area (Å²) >= 11 is 0. The van der Waals surface area contributed by atoms with Crippen LogP contribution in [-0.2, 0) is 0 Å². The monoisotopic (exact) mass is 228 g/mol. The molecule has 0 spiro atoms. The second-order valence-electron chi connectivity index (χ2n) is 5.26. The molecule has 0 saturated carbocycles. The molecule has 0 aromatic heterocycles. The molecule has 4 heteroatoms. The first-order chi connectivity index (χ1) is 7.58. The molecule has 1 fully saturated rings. The van der Waals surface area contributed by atoms with Gasteiger partial charge in [0.05, 0.1) is 6.67 Å². The van der Waals surface area contributed by atoms with Crippen molar-refractivity contribution < 1.29 is 0 Å². The highest BCUT2D eigenvalue weighted by atomic mass is 15.3. The minimum atomic E-state index is 1.07. The molecule has 0 unspecified atom stereocenters. The molecule has 0 amide bonds. The third-order valence-corrected chi connectivity index (χ3v) is 3.29. The van der Waals surface area contributed by atoms with E-state index in [0.717, 1.165) is 19.8 Å². The Kier molecular flexibility index (Phi) is 6.28. The van der Waals surface area contributed by atoms with Crippen molar-refractivity contribution in [3.05, 3.63) is 0 Å². The van der Waals surface area contributed by atoms with Gasteiger partial charge in [-0.1, -0.05) is 0 Å². The predicted molar refractivity (Wildman–Crippen MR) is 69.7 cm³/mol. The van der Waals surface area contributed by atoms with Crippen molar-refractivity contribution in [3.63, 3.8) is 0 Å². The van der Waals surface area contributed by atoms with Crippen LogP contribution in [0.2, 0.25) is 0 Å². The van der Waals surface area contributed by atoms with Gasteiger partial charge in [0.1, 0.15) is 0 Å². The van der Waals surface area contributed by atoms with Gasteiger partial charge in [-0.05, 0) is 47.7 Å². The smallest absolute Gasteiger partial charge is 0.0501 e. The quantitative estimate of drug-likeness (QED) is 0.582. The van der Waals surface area contributed by atoms with Crippen molar-refractivity contribution in [3.8, 4) is 0 Å². The Morgan fingerprint density at radius 3 is 1.31 bits per heavy atom. The van der Waals surface area contributed by atoms with E-state index in [-0.39, 0.29) is 0 Å².